The van der Waals surface area contributed by atoms with Crippen LogP contribution in [-0.4, -0.2) is 29.9 Å². The molecule has 3 heterocycles. The lowest BCUT2D eigenvalue weighted by atomic mass is 9.99. The van der Waals surface area contributed by atoms with Crippen LogP contribution in [0.2, 0.25) is 0 Å². The van der Waals surface area contributed by atoms with Gasteiger partial charge in [0.25, 0.3) is 15.9 Å². The second-order valence-corrected chi connectivity index (χ2v) is 9.43. The summed E-state index contributed by atoms with van der Waals surface area (Å²) in [5, 5.41) is 2.66. The normalized spacial score (nSPS) is 17.2. The SMILES string of the molecule is O=C1COc2c(cccc2S(=O)(=O)n2cc(CC3CCCC3)c3ncccc32)N1. The van der Waals surface area contributed by atoms with Gasteiger partial charge >= 0.3 is 0 Å². The largest absolute Gasteiger partial charge is 0.480 e. The Balaban J connectivity index is 1.64. The number of anilines is 1. The van der Waals surface area contributed by atoms with E-state index in [1.807, 2.05) is 0 Å². The van der Waals surface area contributed by atoms with Crippen LogP contribution in [-0.2, 0) is 21.2 Å². The molecule has 5 rings (SSSR count). The van der Waals surface area contributed by atoms with Crippen molar-refractivity contribution in [1.29, 1.82) is 0 Å². The van der Waals surface area contributed by atoms with Crippen LogP contribution >= 0.6 is 0 Å². The summed E-state index contributed by atoms with van der Waals surface area (Å²) in [6.45, 7) is -0.208. The second kappa shape index (κ2) is 6.88. The quantitative estimate of drug-likeness (QED) is 0.711. The molecule has 0 bridgehead atoms. The van der Waals surface area contributed by atoms with Gasteiger partial charge in [-0.05, 0) is 42.2 Å². The highest BCUT2D eigenvalue weighted by molar-refractivity contribution is 7.90. The summed E-state index contributed by atoms with van der Waals surface area (Å²) in [6, 6.07) is 8.25. The van der Waals surface area contributed by atoms with Crippen LogP contribution in [0, 0.1) is 5.92 Å². The topological polar surface area (TPSA) is 90.3 Å². The summed E-state index contributed by atoms with van der Waals surface area (Å²) in [5.41, 5.74) is 2.60. The van der Waals surface area contributed by atoms with Crippen LogP contribution < -0.4 is 10.1 Å². The van der Waals surface area contributed by atoms with E-state index in [-0.39, 0.29) is 23.2 Å². The fourth-order valence-corrected chi connectivity index (χ4v) is 5.90. The number of hydrogen-bond donors (Lipinski definition) is 1. The van der Waals surface area contributed by atoms with Crippen LogP contribution in [0.4, 0.5) is 5.69 Å². The van der Waals surface area contributed by atoms with Crippen molar-refractivity contribution < 1.29 is 17.9 Å². The molecule has 0 spiro atoms. The fraction of sp³-hybridized carbons (Fsp3) is 0.333. The van der Waals surface area contributed by atoms with Crippen molar-refractivity contribution in [3.63, 3.8) is 0 Å². The Morgan fingerprint density at radius 2 is 2.00 bits per heavy atom. The molecule has 1 aromatic carbocycles. The molecule has 0 unspecified atom stereocenters. The number of benzene rings is 1. The third-order valence-corrected chi connectivity index (χ3v) is 7.42. The number of aromatic nitrogens is 2. The van der Waals surface area contributed by atoms with Crippen molar-refractivity contribution in [1.82, 2.24) is 8.96 Å². The predicted octanol–water partition coefficient (Wildman–Crippen LogP) is 3.34. The molecule has 150 valence electrons. The Kier molecular flexibility index (Phi) is 4.31. The maximum atomic E-state index is 13.6. The van der Waals surface area contributed by atoms with Crippen LogP contribution in [0.25, 0.3) is 11.0 Å². The summed E-state index contributed by atoms with van der Waals surface area (Å²) < 4.78 is 34.0. The molecule has 8 heteroatoms. The minimum Gasteiger partial charge on any atom is -0.480 e. The van der Waals surface area contributed by atoms with Gasteiger partial charge in [-0.25, -0.2) is 12.4 Å². The predicted molar refractivity (Wildman–Crippen MR) is 109 cm³/mol. The zero-order valence-electron chi connectivity index (χ0n) is 15.8. The second-order valence-electron chi connectivity index (χ2n) is 7.65. The lowest BCUT2D eigenvalue weighted by molar-refractivity contribution is -0.118. The maximum Gasteiger partial charge on any atom is 0.271 e. The van der Waals surface area contributed by atoms with Crippen LogP contribution in [0.15, 0.2) is 47.6 Å². The van der Waals surface area contributed by atoms with Gasteiger partial charge in [-0.2, -0.15) is 0 Å². The van der Waals surface area contributed by atoms with E-state index in [0.29, 0.717) is 17.1 Å². The van der Waals surface area contributed by atoms with Crippen molar-refractivity contribution in [2.24, 2.45) is 5.92 Å². The number of rotatable bonds is 4. The molecule has 1 fully saturated rings. The molecule has 3 aromatic rings. The van der Waals surface area contributed by atoms with Gasteiger partial charge in [0.2, 0.25) is 0 Å². The van der Waals surface area contributed by atoms with E-state index in [4.69, 9.17) is 4.74 Å². The number of nitrogens with one attached hydrogen (secondary N) is 1. The highest BCUT2D eigenvalue weighted by Crippen LogP contribution is 2.37. The number of carbonyl (C=O) groups is 1. The van der Waals surface area contributed by atoms with Crippen LogP contribution in [0.3, 0.4) is 0 Å². The molecule has 0 radical (unpaired) electrons. The van der Waals surface area contributed by atoms with Crippen molar-refractivity contribution >= 4 is 32.7 Å². The van der Waals surface area contributed by atoms with E-state index in [2.05, 4.69) is 10.3 Å². The standard InChI is InChI=1S/C21H21N3O4S/c25-19-13-28-21-16(23-19)7-3-9-18(21)29(26,27)24-12-15(11-14-5-1-2-6-14)20-17(24)8-4-10-22-20/h3-4,7-10,12,14H,1-2,5-6,11,13H2,(H,23,25). The molecule has 0 atom stereocenters. The van der Waals surface area contributed by atoms with Gasteiger partial charge in [0.05, 0.1) is 16.7 Å². The average molecular weight is 411 g/mol. The molecule has 1 aliphatic carbocycles. The number of amides is 1. The van der Waals surface area contributed by atoms with Gasteiger partial charge in [-0.3, -0.25) is 9.78 Å². The maximum absolute atomic E-state index is 13.6. The lowest BCUT2D eigenvalue weighted by Crippen LogP contribution is -2.27. The number of para-hydroxylation sites is 1. The van der Waals surface area contributed by atoms with Gasteiger partial charge in [0, 0.05) is 12.4 Å². The lowest BCUT2D eigenvalue weighted by Gasteiger charge is -2.20. The Morgan fingerprint density at radius 3 is 2.83 bits per heavy atom. The van der Waals surface area contributed by atoms with Crippen molar-refractivity contribution in [3.05, 3.63) is 48.3 Å². The average Bonchev–Trinajstić information content (AvgIpc) is 3.36. The molecular weight excluding hydrogens is 390 g/mol. The van der Waals surface area contributed by atoms with E-state index < -0.39 is 10.0 Å². The van der Waals surface area contributed by atoms with Crippen LogP contribution in [0.1, 0.15) is 31.2 Å². The zero-order valence-corrected chi connectivity index (χ0v) is 16.6. The van der Waals surface area contributed by atoms with Crippen LogP contribution in [0.5, 0.6) is 5.75 Å². The van der Waals surface area contributed by atoms with Crippen molar-refractivity contribution in [3.8, 4) is 5.75 Å². The first-order valence-electron chi connectivity index (χ1n) is 9.80. The van der Waals surface area contributed by atoms with Crippen molar-refractivity contribution in [2.75, 3.05) is 11.9 Å². The monoisotopic (exact) mass is 411 g/mol. The highest BCUT2D eigenvalue weighted by atomic mass is 32.2. The third kappa shape index (κ3) is 3.07. The fourth-order valence-electron chi connectivity index (χ4n) is 4.36. The Hall–Kier alpha value is -2.87. The Labute approximate surface area is 168 Å². The summed E-state index contributed by atoms with van der Waals surface area (Å²) in [4.78, 5) is 16.1. The Morgan fingerprint density at radius 1 is 1.17 bits per heavy atom. The van der Waals surface area contributed by atoms with Gasteiger partial charge in [0.15, 0.2) is 12.4 Å². The molecule has 1 N–H and O–H groups in total. The summed E-state index contributed by atoms with van der Waals surface area (Å²) >= 11 is 0. The molecule has 2 aromatic heterocycles. The number of ether oxygens (including phenoxy) is 1. The number of hydrogen-bond acceptors (Lipinski definition) is 5. The van der Waals surface area contributed by atoms with Crippen molar-refractivity contribution in [2.45, 2.75) is 37.0 Å². The summed E-state index contributed by atoms with van der Waals surface area (Å²) in [6.07, 6.45) is 9.03. The molecular formula is C21H21N3O4S. The van der Waals surface area contributed by atoms with Gasteiger partial charge in [0.1, 0.15) is 4.90 Å². The molecule has 1 saturated carbocycles. The van der Waals surface area contributed by atoms with Gasteiger partial charge < -0.3 is 10.1 Å². The molecule has 0 saturated heterocycles. The number of pyridine rings is 1. The first-order chi connectivity index (χ1) is 14.0. The number of fused-ring (bicyclic) bond motifs is 2. The van der Waals surface area contributed by atoms with Gasteiger partial charge in [-0.15, -0.1) is 0 Å². The highest BCUT2D eigenvalue weighted by Gasteiger charge is 2.30. The summed E-state index contributed by atoms with van der Waals surface area (Å²) in [5.74, 6) is 0.443. The Bertz CT molecular complexity index is 1210. The molecule has 7 nitrogen and oxygen atoms in total. The molecule has 1 aliphatic heterocycles. The molecule has 1 amide bonds. The minimum absolute atomic E-state index is 0.0307. The van der Waals surface area contributed by atoms with E-state index in [0.717, 1.165) is 17.5 Å². The minimum atomic E-state index is -3.94. The first-order valence-corrected chi connectivity index (χ1v) is 11.2. The van der Waals surface area contributed by atoms with E-state index in [1.54, 1.807) is 36.7 Å². The zero-order chi connectivity index (χ0) is 20.0. The third-order valence-electron chi connectivity index (χ3n) is 5.72. The van der Waals surface area contributed by atoms with E-state index in [9.17, 15) is 13.2 Å². The van der Waals surface area contributed by atoms with Gasteiger partial charge in [-0.1, -0.05) is 31.7 Å². The molecule has 29 heavy (non-hydrogen) atoms. The van der Waals surface area contributed by atoms with E-state index >= 15 is 0 Å². The number of carbonyl (C=O) groups excluding carboxylic acids is 1. The summed E-state index contributed by atoms with van der Waals surface area (Å²) in [7, 11) is -3.94. The molecule has 2 aliphatic rings. The first kappa shape index (κ1) is 18.2. The van der Waals surface area contributed by atoms with E-state index in [1.165, 1.54) is 35.7 Å². The smallest absolute Gasteiger partial charge is 0.271 e. The number of nitrogens with zero attached hydrogens (tertiary/aromatic N) is 2.